The molecule has 0 aliphatic carbocycles. The molecule has 0 aromatic heterocycles. The molecule has 1 N–H and O–H groups in total. The molecule has 7 nitrogen and oxygen atoms in total. The molecule has 134 valence electrons. The lowest BCUT2D eigenvalue weighted by Crippen LogP contribution is -2.65. The van der Waals surface area contributed by atoms with Gasteiger partial charge in [0, 0.05) is 5.92 Å². The van der Waals surface area contributed by atoms with E-state index >= 15 is 0 Å². The van der Waals surface area contributed by atoms with Crippen LogP contribution in [0.15, 0.2) is 24.3 Å². The van der Waals surface area contributed by atoms with Crippen molar-refractivity contribution in [2.75, 3.05) is 7.11 Å². The van der Waals surface area contributed by atoms with E-state index in [0.29, 0.717) is 5.75 Å². The van der Waals surface area contributed by atoms with Gasteiger partial charge in [-0.25, -0.2) is 4.79 Å². The summed E-state index contributed by atoms with van der Waals surface area (Å²) in [4.78, 5) is 38.3. The highest BCUT2D eigenvalue weighted by atomic mass is 16.5. The number of benzene rings is 1. The summed E-state index contributed by atoms with van der Waals surface area (Å²) in [5, 5.41) is 9.73. The normalized spacial score (nSPS) is 29.0. The molecule has 0 saturated carbocycles. The Morgan fingerprint density at radius 2 is 1.92 bits per heavy atom. The van der Waals surface area contributed by atoms with Gasteiger partial charge in [-0.15, -0.1) is 0 Å². The predicted molar refractivity (Wildman–Crippen MR) is 86.6 cm³/mol. The van der Waals surface area contributed by atoms with Gasteiger partial charge in [-0.3, -0.25) is 9.59 Å². The monoisotopic (exact) mass is 347 g/mol. The van der Waals surface area contributed by atoms with Crippen molar-refractivity contribution in [2.45, 2.75) is 38.6 Å². The molecule has 2 unspecified atom stereocenters. The lowest BCUT2D eigenvalue weighted by atomic mass is 9.79. The van der Waals surface area contributed by atoms with Gasteiger partial charge in [0.15, 0.2) is 11.8 Å². The van der Waals surface area contributed by atoms with E-state index in [9.17, 15) is 19.5 Å². The van der Waals surface area contributed by atoms with Crippen LogP contribution in [0.25, 0.3) is 0 Å². The summed E-state index contributed by atoms with van der Waals surface area (Å²) in [7, 11) is 1.56. The molecule has 0 radical (unpaired) electrons. The van der Waals surface area contributed by atoms with Gasteiger partial charge in [0.05, 0.1) is 25.2 Å². The number of carbonyl (C=O) groups excluding carboxylic acids is 3. The fourth-order valence-corrected chi connectivity index (χ4v) is 3.64. The number of rotatable bonds is 5. The zero-order valence-electron chi connectivity index (χ0n) is 14.3. The molecule has 2 aliphatic heterocycles. The number of β-lactam (4-membered cyclic amide) rings is 1. The number of ether oxygens (including phenoxy) is 2. The van der Waals surface area contributed by atoms with Gasteiger partial charge < -0.3 is 19.5 Å². The van der Waals surface area contributed by atoms with Crippen molar-refractivity contribution in [3.8, 4) is 5.75 Å². The fourth-order valence-electron chi connectivity index (χ4n) is 3.64. The standard InChI is InChI=1S/C18H21NO6/c1-9-14-13(10(2)20)17(22)19(14)15(16(9)21)18(23)25-8-11-4-6-12(24-3)7-5-11/h4-7,9-10,13-15,20H,8H2,1-3H3/t9-,10?,13-,14+,15?/m1/s1. The molecule has 2 fully saturated rings. The molecule has 2 heterocycles. The van der Waals surface area contributed by atoms with Crippen molar-refractivity contribution in [2.24, 2.45) is 11.8 Å². The third-order valence-electron chi connectivity index (χ3n) is 5.02. The minimum Gasteiger partial charge on any atom is -0.497 e. The van der Waals surface area contributed by atoms with Gasteiger partial charge in [-0.1, -0.05) is 19.1 Å². The summed E-state index contributed by atoms with van der Waals surface area (Å²) < 4.78 is 10.3. The molecule has 2 aliphatic rings. The van der Waals surface area contributed by atoms with E-state index in [1.807, 2.05) is 0 Å². The Labute approximate surface area is 145 Å². The topological polar surface area (TPSA) is 93.1 Å². The maximum absolute atomic E-state index is 12.4. The summed E-state index contributed by atoms with van der Waals surface area (Å²) in [5.41, 5.74) is 0.751. The minimum absolute atomic E-state index is 0.00746. The van der Waals surface area contributed by atoms with Gasteiger partial charge in [-0.05, 0) is 24.6 Å². The van der Waals surface area contributed by atoms with E-state index in [0.717, 1.165) is 5.56 Å². The number of ketones is 1. The molecule has 7 heteroatoms. The Morgan fingerprint density at radius 3 is 2.48 bits per heavy atom. The first-order valence-corrected chi connectivity index (χ1v) is 8.20. The van der Waals surface area contributed by atoms with Crippen molar-refractivity contribution in [3.05, 3.63) is 29.8 Å². The zero-order valence-corrected chi connectivity index (χ0v) is 14.3. The van der Waals surface area contributed by atoms with Gasteiger partial charge >= 0.3 is 5.97 Å². The number of Topliss-reactive ketones (excluding diaryl/α,β-unsaturated/α-hetero) is 1. The number of hydrogen-bond acceptors (Lipinski definition) is 6. The van der Waals surface area contributed by atoms with Crippen LogP contribution in [0, 0.1) is 11.8 Å². The third-order valence-corrected chi connectivity index (χ3v) is 5.02. The smallest absolute Gasteiger partial charge is 0.337 e. The first-order chi connectivity index (χ1) is 11.9. The van der Waals surface area contributed by atoms with Crippen molar-refractivity contribution in [3.63, 3.8) is 0 Å². The fraction of sp³-hybridized carbons (Fsp3) is 0.500. The third kappa shape index (κ3) is 2.78. The van der Waals surface area contributed by atoms with Crippen molar-refractivity contribution >= 4 is 17.7 Å². The number of aliphatic hydroxyl groups is 1. The second kappa shape index (κ2) is 6.48. The molecule has 1 amide bonds. The number of hydrogen-bond donors (Lipinski definition) is 1. The Kier molecular flexibility index (Phi) is 4.51. The van der Waals surface area contributed by atoms with Crippen molar-refractivity contribution in [1.82, 2.24) is 4.90 Å². The molecule has 25 heavy (non-hydrogen) atoms. The van der Waals surface area contributed by atoms with Crippen LogP contribution >= 0.6 is 0 Å². The molecule has 0 spiro atoms. The number of amides is 1. The number of methoxy groups -OCH3 is 1. The van der Waals surface area contributed by atoms with Gasteiger partial charge in [0.25, 0.3) is 0 Å². The van der Waals surface area contributed by atoms with E-state index in [4.69, 9.17) is 9.47 Å². The highest BCUT2D eigenvalue weighted by Gasteiger charge is 2.64. The summed E-state index contributed by atoms with van der Waals surface area (Å²) in [6.07, 6.45) is -0.849. The number of esters is 1. The van der Waals surface area contributed by atoms with Crippen LogP contribution < -0.4 is 4.74 Å². The number of carbonyl (C=O) groups is 3. The average molecular weight is 347 g/mol. The highest BCUT2D eigenvalue weighted by Crippen LogP contribution is 2.43. The summed E-state index contributed by atoms with van der Waals surface area (Å²) in [6, 6.07) is 5.36. The Hall–Kier alpha value is -2.41. The van der Waals surface area contributed by atoms with E-state index in [2.05, 4.69) is 0 Å². The maximum Gasteiger partial charge on any atom is 0.337 e. The minimum atomic E-state index is -1.21. The highest BCUT2D eigenvalue weighted by molar-refractivity contribution is 6.12. The van der Waals surface area contributed by atoms with Gasteiger partial charge in [-0.2, -0.15) is 0 Å². The molecule has 2 saturated heterocycles. The second-order valence-electron chi connectivity index (χ2n) is 6.55. The molecule has 5 atom stereocenters. The molecular weight excluding hydrogens is 326 g/mol. The van der Waals surface area contributed by atoms with Crippen LogP contribution in [0.3, 0.4) is 0 Å². The average Bonchev–Trinajstić information content (AvgIpc) is 2.81. The van der Waals surface area contributed by atoms with Crippen LogP contribution in [0.5, 0.6) is 5.75 Å². The van der Waals surface area contributed by atoms with Crippen LogP contribution in [0.1, 0.15) is 19.4 Å². The molecule has 1 aromatic rings. The Morgan fingerprint density at radius 1 is 1.28 bits per heavy atom. The predicted octanol–water partition coefficient (Wildman–Crippen LogP) is 0.534. The van der Waals surface area contributed by atoms with Crippen LogP contribution in [0.2, 0.25) is 0 Å². The summed E-state index contributed by atoms with van der Waals surface area (Å²) in [6.45, 7) is 3.21. The summed E-state index contributed by atoms with van der Waals surface area (Å²) >= 11 is 0. The van der Waals surface area contributed by atoms with E-state index in [-0.39, 0.29) is 18.3 Å². The number of fused-ring (bicyclic) bond motifs is 1. The number of nitrogens with zero attached hydrogens (tertiary/aromatic N) is 1. The van der Waals surface area contributed by atoms with Crippen molar-refractivity contribution < 1.29 is 29.0 Å². The van der Waals surface area contributed by atoms with Crippen LogP contribution in [0.4, 0.5) is 0 Å². The molecule has 0 bridgehead atoms. The van der Waals surface area contributed by atoms with Gasteiger partial charge in [0.2, 0.25) is 5.91 Å². The van der Waals surface area contributed by atoms with E-state index < -0.39 is 36.0 Å². The zero-order chi connectivity index (χ0) is 18.3. The maximum atomic E-state index is 12.4. The van der Waals surface area contributed by atoms with Crippen LogP contribution in [-0.4, -0.2) is 53.0 Å². The van der Waals surface area contributed by atoms with Gasteiger partial charge in [0.1, 0.15) is 12.4 Å². The lowest BCUT2D eigenvalue weighted by molar-refractivity contribution is -0.173. The quantitative estimate of drug-likeness (QED) is 0.475. The Balaban J connectivity index is 1.67. The largest absolute Gasteiger partial charge is 0.497 e. The lowest BCUT2D eigenvalue weighted by Gasteiger charge is -2.46. The summed E-state index contributed by atoms with van der Waals surface area (Å²) in [5.74, 6) is -1.86. The van der Waals surface area contributed by atoms with Crippen molar-refractivity contribution in [1.29, 1.82) is 0 Å². The first kappa shape index (κ1) is 17.4. The van der Waals surface area contributed by atoms with Crippen LogP contribution in [-0.2, 0) is 25.7 Å². The molecule has 3 rings (SSSR count). The Bertz CT molecular complexity index is 698. The first-order valence-electron chi connectivity index (χ1n) is 8.20. The van der Waals surface area contributed by atoms with E-state index in [1.54, 1.807) is 38.3 Å². The van der Waals surface area contributed by atoms with E-state index in [1.165, 1.54) is 11.8 Å². The molecular formula is C18H21NO6. The molecule has 1 aromatic carbocycles. The SMILES string of the molecule is COc1ccc(COC(=O)C2C(=O)[C@H](C)[C@H]3[C@@H](C(C)O)C(=O)N23)cc1. The second-order valence-corrected chi connectivity index (χ2v) is 6.55. The number of aliphatic hydroxyl groups excluding tert-OH is 1.